The zero-order valence-corrected chi connectivity index (χ0v) is 16.3. The van der Waals surface area contributed by atoms with Crippen molar-refractivity contribution in [2.75, 3.05) is 32.6 Å². The highest BCUT2D eigenvalue weighted by Crippen LogP contribution is 2.28. The third kappa shape index (κ3) is 4.68. The second kappa shape index (κ2) is 9.03. The van der Waals surface area contributed by atoms with Crippen molar-refractivity contribution in [1.29, 1.82) is 0 Å². The lowest BCUT2D eigenvalue weighted by molar-refractivity contribution is -0.151. The normalized spacial score (nSPS) is 15.0. The van der Waals surface area contributed by atoms with Gasteiger partial charge in [-0.3, -0.25) is 9.59 Å². The van der Waals surface area contributed by atoms with Crippen molar-refractivity contribution in [2.24, 2.45) is 5.92 Å². The van der Waals surface area contributed by atoms with Crippen LogP contribution in [0.2, 0.25) is 0 Å². The maximum Gasteiger partial charge on any atom is 0.309 e. The molecule has 0 atom stereocenters. The number of rotatable bonds is 6. The molecule has 0 aliphatic carbocycles. The molecule has 0 spiro atoms. The van der Waals surface area contributed by atoms with Crippen LogP contribution in [0.15, 0.2) is 29.3 Å². The van der Waals surface area contributed by atoms with Crippen molar-refractivity contribution < 1.29 is 19.1 Å². The predicted molar refractivity (Wildman–Crippen MR) is 103 cm³/mol. The van der Waals surface area contributed by atoms with E-state index in [-0.39, 0.29) is 23.5 Å². The minimum Gasteiger partial charge on any atom is -0.479 e. The molecule has 7 nitrogen and oxygen atoms in total. The fraction of sp³-hybridized carbons (Fsp3) is 0.474. The highest BCUT2D eigenvalue weighted by atomic mass is 32.2. The number of hydrogen-bond donors (Lipinski definition) is 0. The third-order valence-electron chi connectivity index (χ3n) is 4.50. The molecular formula is C19H23N3O4S. The second-order valence-electron chi connectivity index (χ2n) is 6.22. The van der Waals surface area contributed by atoms with Crippen LogP contribution in [0.3, 0.4) is 0 Å². The molecule has 0 saturated carbocycles. The number of nitrogens with zero attached hydrogens (tertiary/aromatic N) is 3. The number of methoxy groups -OCH3 is 1. The van der Waals surface area contributed by atoms with Gasteiger partial charge in [-0.05, 0) is 31.9 Å². The van der Waals surface area contributed by atoms with Crippen molar-refractivity contribution in [2.45, 2.75) is 24.8 Å². The van der Waals surface area contributed by atoms with Gasteiger partial charge in [0, 0.05) is 13.1 Å². The predicted octanol–water partition coefficient (Wildman–Crippen LogP) is 2.53. The molecule has 1 fully saturated rings. The lowest BCUT2D eigenvalue weighted by Crippen LogP contribution is -2.41. The van der Waals surface area contributed by atoms with Crippen LogP contribution in [0.1, 0.15) is 19.8 Å². The summed E-state index contributed by atoms with van der Waals surface area (Å²) >= 11 is 1.32. The van der Waals surface area contributed by atoms with Gasteiger partial charge in [0.05, 0.1) is 36.4 Å². The molecule has 1 amide bonds. The Kier molecular flexibility index (Phi) is 6.49. The molecule has 1 aliphatic heterocycles. The van der Waals surface area contributed by atoms with Crippen molar-refractivity contribution in [3.63, 3.8) is 0 Å². The smallest absolute Gasteiger partial charge is 0.309 e. The van der Waals surface area contributed by atoms with Crippen LogP contribution in [-0.2, 0) is 14.3 Å². The number of carbonyl (C=O) groups excluding carboxylic acids is 2. The number of ether oxygens (including phenoxy) is 2. The summed E-state index contributed by atoms with van der Waals surface area (Å²) in [6.45, 7) is 3.34. The van der Waals surface area contributed by atoms with Gasteiger partial charge >= 0.3 is 5.97 Å². The Morgan fingerprint density at radius 1 is 1.19 bits per heavy atom. The number of fused-ring (bicyclic) bond motifs is 1. The monoisotopic (exact) mass is 389 g/mol. The van der Waals surface area contributed by atoms with Crippen molar-refractivity contribution in [3.8, 4) is 5.88 Å². The van der Waals surface area contributed by atoms with Crippen LogP contribution in [0.5, 0.6) is 5.88 Å². The largest absolute Gasteiger partial charge is 0.479 e. The molecule has 1 aliphatic rings. The number of thioether (sulfide) groups is 1. The summed E-state index contributed by atoms with van der Waals surface area (Å²) in [5.41, 5.74) is 1.52. The van der Waals surface area contributed by atoms with Crippen molar-refractivity contribution >= 4 is 34.7 Å². The summed E-state index contributed by atoms with van der Waals surface area (Å²) in [5, 5.41) is 0.603. The maximum atomic E-state index is 12.5. The third-order valence-corrected chi connectivity index (χ3v) is 5.43. The van der Waals surface area contributed by atoms with Crippen molar-refractivity contribution in [1.82, 2.24) is 14.9 Å². The Labute approximate surface area is 162 Å². The first-order valence-corrected chi connectivity index (χ1v) is 9.99. The standard InChI is InChI=1S/C19H23N3O4S/c1-3-26-19(24)13-8-10-22(11-9-13)16(23)12-27-18-17(25-2)20-14-6-4-5-7-15(14)21-18/h4-7,13H,3,8-12H2,1-2H3. The Bertz CT molecular complexity index is 822. The molecule has 2 heterocycles. The van der Waals surface area contributed by atoms with Crippen LogP contribution < -0.4 is 4.74 Å². The van der Waals surface area contributed by atoms with Crippen LogP contribution in [0.4, 0.5) is 0 Å². The van der Waals surface area contributed by atoms with Crippen LogP contribution in [-0.4, -0.2) is 59.3 Å². The van der Waals surface area contributed by atoms with Gasteiger partial charge in [0.15, 0.2) is 5.03 Å². The van der Waals surface area contributed by atoms with E-state index < -0.39 is 0 Å². The number of amides is 1. The van der Waals surface area contributed by atoms with Gasteiger partial charge < -0.3 is 14.4 Å². The van der Waals surface area contributed by atoms with E-state index in [4.69, 9.17) is 9.47 Å². The molecule has 27 heavy (non-hydrogen) atoms. The first-order chi connectivity index (χ1) is 13.1. The minimum atomic E-state index is -0.157. The molecule has 0 bridgehead atoms. The first-order valence-electron chi connectivity index (χ1n) is 9.00. The molecule has 0 N–H and O–H groups in total. The molecule has 1 aromatic carbocycles. The topological polar surface area (TPSA) is 81.6 Å². The van der Waals surface area contributed by atoms with Gasteiger partial charge in [-0.15, -0.1) is 0 Å². The summed E-state index contributed by atoms with van der Waals surface area (Å²) in [6, 6.07) is 7.55. The second-order valence-corrected chi connectivity index (χ2v) is 7.19. The summed E-state index contributed by atoms with van der Waals surface area (Å²) in [7, 11) is 1.55. The number of esters is 1. The molecular weight excluding hydrogens is 366 g/mol. The van der Waals surface area contributed by atoms with Gasteiger partial charge in [0.1, 0.15) is 0 Å². The van der Waals surface area contributed by atoms with E-state index in [0.29, 0.717) is 43.4 Å². The lowest BCUT2D eigenvalue weighted by Gasteiger charge is -2.30. The number of piperidine rings is 1. The van der Waals surface area contributed by atoms with Gasteiger partial charge in [-0.2, -0.15) is 0 Å². The zero-order chi connectivity index (χ0) is 19.2. The highest BCUT2D eigenvalue weighted by molar-refractivity contribution is 8.00. The average Bonchev–Trinajstić information content (AvgIpc) is 2.71. The number of likely N-dealkylation sites (tertiary alicyclic amines) is 1. The summed E-state index contributed by atoms with van der Waals surface area (Å²) in [6.07, 6.45) is 1.29. The van der Waals surface area contributed by atoms with E-state index in [0.717, 1.165) is 11.0 Å². The molecule has 144 valence electrons. The molecule has 0 radical (unpaired) electrons. The minimum absolute atomic E-state index is 0.0271. The SMILES string of the molecule is CCOC(=O)C1CCN(C(=O)CSc2nc3ccccc3nc2OC)CC1. The van der Waals surface area contributed by atoms with E-state index in [9.17, 15) is 9.59 Å². The van der Waals surface area contributed by atoms with Crippen LogP contribution in [0, 0.1) is 5.92 Å². The fourth-order valence-corrected chi connectivity index (χ4v) is 3.90. The number of para-hydroxylation sites is 2. The number of carbonyl (C=O) groups is 2. The van der Waals surface area contributed by atoms with E-state index >= 15 is 0 Å². The Balaban J connectivity index is 1.58. The maximum absolute atomic E-state index is 12.5. The Morgan fingerprint density at radius 2 is 1.85 bits per heavy atom. The molecule has 1 saturated heterocycles. The summed E-state index contributed by atoms with van der Waals surface area (Å²) in [5.74, 6) is 0.447. The average molecular weight is 389 g/mol. The summed E-state index contributed by atoms with van der Waals surface area (Å²) in [4.78, 5) is 35.1. The van der Waals surface area contributed by atoms with E-state index in [2.05, 4.69) is 9.97 Å². The number of benzene rings is 1. The molecule has 2 aromatic rings. The van der Waals surface area contributed by atoms with Gasteiger partial charge in [-0.1, -0.05) is 23.9 Å². The molecule has 1 aromatic heterocycles. The quantitative estimate of drug-likeness (QED) is 0.555. The number of hydrogen-bond acceptors (Lipinski definition) is 7. The lowest BCUT2D eigenvalue weighted by atomic mass is 9.97. The zero-order valence-electron chi connectivity index (χ0n) is 15.5. The van der Waals surface area contributed by atoms with Gasteiger partial charge in [0.25, 0.3) is 0 Å². The van der Waals surface area contributed by atoms with E-state index in [1.165, 1.54) is 11.8 Å². The molecule has 3 rings (SSSR count). The van der Waals surface area contributed by atoms with Crippen LogP contribution in [0.25, 0.3) is 11.0 Å². The van der Waals surface area contributed by atoms with Gasteiger partial charge in [0.2, 0.25) is 11.8 Å². The molecule has 8 heteroatoms. The Hall–Kier alpha value is -2.35. The van der Waals surface area contributed by atoms with Gasteiger partial charge in [-0.25, -0.2) is 9.97 Å². The highest BCUT2D eigenvalue weighted by Gasteiger charge is 2.28. The van der Waals surface area contributed by atoms with Crippen LogP contribution >= 0.6 is 11.8 Å². The first kappa shape index (κ1) is 19.4. The van der Waals surface area contributed by atoms with Crippen molar-refractivity contribution in [3.05, 3.63) is 24.3 Å². The van der Waals surface area contributed by atoms with E-state index in [1.54, 1.807) is 18.9 Å². The number of aromatic nitrogens is 2. The summed E-state index contributed by atoms with van der Waals surface area (Å²) < 4.78 is 10.4. The Morgan fingerprint density at radius 3 is 2.48 bits per heavy atom. The molecule has 0 unspecified atom stereocenters. The fourth-order valence-electron chi connectivity index (χ4n) is 3.04. The van der Waals surface area contributed by atoms with E-state index in [1.807, 2.05) is 24.3 Å².